The highest BCUT2D eigenvalue weighted by atomic mass is 32.1. The zero-order chi connectivity index (χ0) is 21.8. The molecular weight excluding hydrogens is 412 g/mol. The second-order valence-electron chi connectivity index (χ2n) is 7.11. The summed E-state index contributed by atoms with van der Waals surface area (Å²) in [6, 6.07) is 13.0. The van der Waals surface area contributed by atoms with E-state index in [4.69, 9.17) is 9.47 Å². The Labute approximate surface area is 184 Å². The average Bonchev–Trinajstić information content (AvgIpc) is 3.34. The molecule has 4 aromatic rings. The molecule has 31 heavy (non-hydrogen) atoms. The molecule has 0 bridgehead atoms. The SMILES string of the molecule is CCCOc1ccc(Oc2ncccc2CNC(=O)c2cc3c(C)nn(C)c3s2)cc1. The maximum atomic E-state index is 12.7. The van der Waals surface area contributed by atoms with Gasteiger partial charge in [-0.25, -0.2) is 4.98 Å². The number of carbonyl (C=O) groups excluding carboxylic acids is 1. The first kappa shape index (κ1) is 20.9. The van der Waals surface area contributed by atoms with Crippen molar-refractivity contribution in [3.05, 3.63) is 64.8 Å². The Morgan fingerprint density at radius 1 is 1.19 bits per heavy atom. The highest BCUT2D eigenvalue weighted by Gasteiger charge is 2.16. The number of hydrogen-bond acceptors (Lipinski definition) is 6. The van der Waals surface area contributed by atoms with Crippen LogP contribution in [0.1, 0.15) is 34.3 Å². The van der Waals surface area contributed by atoms with Crippen LogP contribution >= 0.6 is 11.3 Å². The summed E-state index contributed by atoms with van der Waals surface area (Å²) in [6.07, 6.45) is 2.63. The van der Waals surface area contributed by atoms with Crippen LogP contribution in [0.2, 0.25) is 0 Å². The lowest BCUT2D eigenvalue weighted by atomic mass is 10.2. The van der Waals surface area contributed by atoms with Gasteiger partial charge in [0.15, 0.2) is 0 Å². The molecule has 160 valence electrons. The fourth-order valence-electron chi connectivity index (χ4n) is 3.17. The van der Waals surface area contributed by atoms with Crippen molar-refractivity contribution < 1.29 is 14.3 Å². The van der Waals surface area contributed by atoms with Crippen LogP contribution in [0.3, 0.4) is 0 Å². The molecule has 8 heteroatoms. The highest BCUT2D eigenvalue weighted by molar-refractivity contribution is 7.20. The number of hydrogen-bond donors (Lipinski definition) is 1. The van der Waals surface area contributed by atoms with E-state index in [1.54, 1.807) is 10.9 Å². The Bertz CT molecular complexity index is 1160. The largest absolute Gasteiger partial charge is 0.494 e. The van der Waals surface area contributed by atoms with Gasteiger partial charge in [-0.1, -0.05) is 13.0 Å². The van der Waals surface area contributed by atoms with E-state index in [0.29, 0.717) is 29.7 Å². The third-order valence-corrected chi connectivity index (χ3v) is 5.92. The van der Waals surface area contributed by atoms with Gasteiger partial charge in [0.05, 0.1) is 17.2 Å². The van der Waals surface area contributed by atoms with E-state index >= 15 is 0 Å². The fraction of sp³-hybridized carbons (Fsp3) is 0.261. The molecule has 0 saturated carbocycles. The standard InChI is InChI=1S/C23H24N4O3S/c1-4-12-29-17-7-9-18(10-8-17)30-22-16(6-5-11-24-22)14-25-21(28)20-13-19-15(2)26-27(3)23(19)31-20/h5-11,13H,4,12,14H2,1-3H3,(H,25,28). The molecule has 0 aliphatic rings. The second-order valence-corrected chi connectivity index (χ2v) is 8.14. The van der Waals surface area contributed by atoms with Crippen LogP contribution in [0.4, 0.5) is 0 Å². The maximum absolute atomic E-state index is 12.7. The van der Waals surface area contributed by atoms with Crippen molar-refractivity contribution >= 4 is 27.5 Å². The first-order chi connectivity index (χ1) is 15.0. The molecule has 1 amide bonds. The molecule has 0 saturated heterocycles. The van der Waals surface area contributed by atoms with Crippen molar-refractivity contribution in [1.82, 2.24) is 20.1 Å². The first-order valence-electron chi connectivity index (χ1n) is 10.1. The van der Waals surface area contributed by atoms with Gasteiger partial charge in [-0.2, -0.15) is 5.10 Å². The number of ether oxygens (including phenoxy) is 2. The van der Waals surface area contributed by atoms with Crippen molar-refractivity contribution in [1.29, 1.82) is 0 Å². The smallest absolute Gasteiger partial charge is 0.261 e. The number of fused-ring (bicyclic) bond motifs is 1. The summed E-state index contributed by atoms with van der Waals surface area (Å²) in [7, 11) is 1.88. The summed E-state index contributed by atoms with van der Waals surface area (Å²) in [4.78, 5) is 18.7. The van der Waals surface area contributed by atoms with Crippen LogP contribution in [-0.2, 0) is 13.6 Å². The number of thiophene rings is 1. The van der Waals surface area contributed by atoms with Crippen molar-refractivity contribution in [3.63, 3.8) is 0 Å². The molecule has 1 aromatic carbocycles. The lowest BCUT2D eigenvalue weighted by molar-refractivity contribution is 0.0955. The minimum Gasteiger partial charge on any atom is -0.494 e. The molecular formula is C23H24N4O3S. The molecule has 3 aromatic heterocycles. The fourth-order valence-corrected chi connectivity index (χ4v) is 4.21. The van der Waals surface area contributed by atoms with Crippen LogP contribution < -0.4 is 14.8 Å². The maximum Gasteiger partial charge on any atom is 0.261 e. The number of rotatable bonds is 8. The van der Waals surface area contributed by atoms with Crippen molar-refractivity contribution in [3.8, 4) is 17.4 Å². The van der Waals surface area contributed by atoms with E-state index in [1.165, 1.54) is 11.3 Å². The van der Waals surface area contributed by atoms with E-state index in [9.17, 15) is 4.79 Å². The van der Waals surface area contributed by atoms with Gasteiger partial charge in [0.25, 0.3) is 5.91 Å². The average molecular weight is 437 g/mol. The monoisotopic (exact) mass is 436 g/mol. The van der Waals surface area contributed by atoms with Crippen molar-refractivity contribution in [2.24, 2.45) is 7.05 Å². The third-order valence-electron chi connectivity index (χ3n) is 4.72. The van der Waals surface area contributed by atoms with Gasteiger partial charge >= 0.3 is 0 Å². The van der Waals surface area contributed by atoms with Crippen molar-refractivity contribution in [2.45, 2.75) is 26.8 Å². The molecule has 0 atom stereocenters. The van der Waals surface area contributed by atoms with Gasteiger partial charge in [0, 0.05) is 30.7 Å². The van der Waals surface area contributed by atoms with E-state index in [0.717, 1.165) is 33.6 Å². The highest BCUT2D eigenvalue weighted by Crippen LogP contribution is 2.28. The molecule has 7 nitrogen and oxygen atoms in total. The van der Waals surface area contributed by atoms with Gasteiger partial charge in [-0.05, 0) is 49.7 Å². The predicted molar refractivity (Wildman–Crippen MR) is 121 cm³/mol. The van der Waals surface area contributed by atoms with Crippen LogP contribution in [0, 0.1) is 6.92 Å². The third kappa shape index (κ3) is 4.69. The Hall–Kier alpha value is -3.39. The van der Waals surface area contributed by atoms with Gasteiger partial charge in [0.2, 0.25) is 5.88 Å². The number of carbonyl (C=O) groups is 1. The minimum absolute atomic E-state index is 0.132. The van der Waals surface area contributed by atoms with Gasteiger partial charge in [-0.15, -0.1) is 11.3 Å². The van der Waals surface area contributed by atoms with E-state index in [1.807, 2.05) is 56.4 Å². The molecule has 0 radical (unpaired) electrons. The van der Waals surface area contributed by atoms with E-state index < -0.39 is 0 Å². The van der Waals surface area contributed by atoms with E-state index in [-0.39, 0.29) is 5.91 Å². The molecule has 0 aliphatic heterocycles. The minimum atomic E-state index is -0.132. The van der Waals surface area contributed by atoms with Crippen LogP contribution in [0.15, 0.2) is 48.7 Å². The van der Waals surface area contributed by atoms with Gasteiger partial charge in [-0.3, -0.25) is 9.48 Å². The number of benzene rings is 1. The summed E-state index contributed by atoms with van der Waals surface area (Å²) in [5.41, 5.74) is 1.71. The number of aromatic nitrogens is 3. The Kier molecular flexibility index (Phi) is 6.18. The summed E-state index contributed by atoms with van der Waals surface area (Å²) in [5.74, 6) is 1.79. The number of nitrogens with zero attached hydrogens (tertiary/aromatic N) is 3. The number of amides is 1. The van der Waals surface area contributed by atoms with E-state index in [2.05, 4.69) is 22.3 Å². The Morgan fingerprint density at radius 2 is 1.97 bits per heavy atom. The lowest BCUT2D eigenvalue weighted by Crippen LogP contribution is -2.22. The summed E-state index contributed by atoms with van der Waals surface area (Å²) in [5, 5.41) is 8.35. The molecule has 0 aliphatic carbocycles. The number of aryl methyl sites for hydroxylation is 2. The molecule has 3 heterocycles. The summed E-state index contributed by atoms with van der Waals surface area (Å²) < 4.78 is 13.3. The quantitative estimate of drug-likeness (QED) is 0.427. The molecule has 0 spiro atoms. The predicted octanol–water partition coefficient (Wildman–Crippen LogP) is 4.85. The molecule has 0 unspecified atom stereocenters. The number of pyridine rings is 1. The lowest BCUT2D eigenvalue weighted by Gasteiger charge is -2.11. The normalized spacial score (nSPS) is 10.9. The molecule has 1 N–H and O–H groups in total. The Balaban J connectivity index is 1.43. The van der Waals surface area contributed by atoms with Crippen LogP contribution in [-0.4, -0.2) is 27.3 Å². The van der Waals surface area contributed by atoms with Gasteiger partial charge < -0.3 is 14.8 Å². The molecule has 0 fully saturated rings. The topological polar surface area (TPSA) is 78.3 Å². The number of nitrogens with one attached hydrogen (secondary N) is 1. The zero-order valence-corrected chi connectivity index (χ0v) is 18.5. The second kappa shape index (κ2) is 9.18. The summed E-state index contributed by atoms with van der Waals surface area (Å²) in [6.45, 7) is 5.00. The first-order valence-corrected chi connectivity index (χ1v) is 10.9. The molecule has 4 rings (SSSR count). The Morgan fingerprint density at radius 3 is 2.71 bits per heavy atom. The van der Waals surface area contributed by atoms with Crippen LogP contribution in [0.5, 0.6) is 17.4 Å². The zero-order valence-electron chi connectivity index (χ0n) is 17.7. The summed E-state index contributed by atoms with van der Waals surface area (Å²) >= 11 is 1.43. The van der Waals surface area contributed by atoms with Gasteiger partial charge in [0.1, 0.15) is 16.3 Å². The van der Waals surface area contributed by atoms with Crippen LogP contribution in [0.25, 0.3) is 10.2 Å². The van der Waals surface area contributed by atoms with Crippen molar-refractivity contribution in [2.75, 3.05) is 6.61 Å².